The number of carbonyl (C=O) groups is 2. The third kappa shape index (κ3) is 5.27. The fourth-order valence-corrected chi connectivity index (χ4v) is 6.58. The van der Waals surface area contributed by atoms with Crippen LogP contribution in [-0.4, -0.2) is 55.5 Å². The molecule has 226 valence electrons. The highest BCUT2D eigenvalue weighted by Crippen LogP contribution is 2.37. The molecular formula is C34H35N5O5. The number of benzene rings is 2. The first-order valence-corrected chi connectivity index (χ1v) is 15.7. The lowest BCUT2D eigenvalue weighted by Gasteiger charge is -2.19. The Morgan fingerprint density at radius 1 is 0.955 bits per heavy atom. The Morgan fingerprint density at radius 3 is 2.59 bits per heavy atom. The standard InChI is InChI=1S/C34H35N5O5/c1-20-12-30(40)38(16-20)18-24-5-4-23(33-35-32(36-44-33)25-15-31(41)39(19-25)26-6-7-26)14-29(24)43-27-8-9-28-22(13-27)10-11-37(34(28)42)17-21-2-3-21/h4-5,8-11,13-14,20-21,25-26H,2-3,6-7,12,15-19H2,1H3. The van der Waals surface area contributed by atoms with Crippen LogP contribution in [0.1, 0.15) is 62.8 Å². The first kappa shape index (κ1) is 27.1. The largest absolute Gasteiger partial charge is 0.457 e. The van der Waals surface area contributed by atoms with Gasteiger partial charge < -0.3 is 23.6 Å². The molecule has 2 saturated heterocycles. The quantitative estimate of drug-likeness (QED) is 0.266. The molecule has 10 heteroatoms. The Bertz CT molecular complexity index is 1840. The molecule has 2 amide bonds. The molecule has 2 aromatic carbocycles. The second-order valence-electron chi connectivity index (χ2n) is 13.1. The molecule has 2 aliphatic heterocycles. The Balaban J connectivity index is 1.09. The van der Waals surface area contributed by atoms with Crippen LogP contribution >= 0.6 is 0 Å². The van der Waals surface area contributed by atoms with Crippen LogP contribution < -0.4 is 10.3 Å². The minimum Gasteiger partial charge on any atom is -0.457 e. The van der Waals surface area contributed by atoms with Crippen LogP contribution in [0.4, 0.5) is 0 Å². The summed E-state index contributed by atoms with van der Waals surface area (Å²) in [6.07, 6.45) is 7.33. The van der Waals surface area contributed by atoms with E-state index < -0.39 is 0 Å². The van der Waals surface area contributed by atoms with Gasteiger partial charge in [-0.3, -0.25) is 14.4 Å². The van der Waals surface area contributed by atoms with E-state index in [4.69, 9.17) is 9.26 Å². The van der Waals surface area contributed by atoms with Gasteiger partial charge in [0.15, 0.2) is 5.82 Å². The molecular weight excluding hydrogens is 558 g/mol. The average Bonchev–Trinajstić information content (AvgIpc) is 3.91. The first-order valence-electron chi connectivity index (χ1n) is 15.7. The van der Waals surface area contributed by atoms with E-state index in [0.717, 1.165) is 30.3 Å². The van der Waals surface area contributed by atoms with E-state index in [1.54, 1.807) is 4.57 Å². The van der Waals surface area contributed by atoms with Crippen LogP contribution in [0.3, 0.4) is 0 Å². The summed E-state index contributed by atoms with van der Waals surface area (Å²) in [7, 11) is 0. The first-order chi connectivity index (χ1) is 21.4. The summed E-state index contributed by atoms with van der Waals surface area (Å²) in [6, 6.07) is 13.6. The van der Waals surface area contributed by atoms with Gasteiger partial charge in [0.1, 0.15) is 11.5 Å². The van der Waals surface area contributed by atoms with Gasteiger partial charge in [-0.2, -0.15) is 4.98 Å². The van der Waals surface area contributed by atoms with Crippen molar-refractivity contribution in [1.29, 1.82) is 0 Å². The molecule has 0 radical (unpaired) electrons. The van der Waals surface area contributed by atoms with Crippen LogP contribution in [0, 0.1) is 11.8 Å². The van der Waals surface area contributed by atoms with Crippen LogP contribution in [0.5, 0.6) is 11.5 Å². The zero-order valence-electron chi connectivity index (χ0n) is 24.8. The fourth-order valence-electron chi connectivity index (χ4n) is 6.58. The molecule has 4 aromatic rings. The van der Waals surface area contributed by atoms with E-state index in [2.05, 4.69) is 17.1 Å². The number of ether oxygens (including phenoxy) is 1. The molecule has 4 fully saturated rings. The lowest BCUT2D eigenvalue weighted by Crippen LogP contribution is -2.27. The van der Waals surface area contributed by atoms with Crippen LogP contribution in [0.2, 0.25) is 0 Å². The third-order valence-corrected chi connectivity index (χ3v) is 9.36. The molecule has 2 saturated carbocycles. The van der Waals surface area contributed by atoms with Gasteiger partial charge in [0, 0.05) is 73.7 Å². The van der Waals surface area contributed by atoms with E-state index >= 15 is 0 Å². The van der Waals surface area contributed by atoms with Gasteiger partial charge in [0.25, 0.3) is 11.4 Å². The number of carbonyl (C=O) groups excluding carboxylic acids is 2. The second-order valence-corrected chi connectivity index (χ2v) is 13.1. The van der Waals surface area contributed by atoms with Gasteiger partial charge in [-0.05, 0) is 79.3 Å². The maximum atomic E-state index is 13.1. The number of pyridine rings is 1. The molecule has 0 spiro atoms. The van der Waals surface area contributed by atoms with Crippen molar-refractivity contribution in [3.63, 3.8) is 0 Å². The lowest BCUT2D eigenvalue weighted by atomic mass is 10.1. The zero-order valence-corrected chi connectivity index (χ0v) is 24.8. The lowest BCUT2D eigenvalue weighted by molar-refractivity contribution is -0.129. The van der Waals surface area contributed by atoms with Crippen molar-refractivity contribution in [2.45, 2.75) is 70.5 Å². The van der Waals surface area contributed by atoms with Crippen molar-refractivity contribution in [1.82, 2.24) is 24.5 Å². The molecule has 8 rings (SSSR count). The van der Waals surface area contributed by atoms with Crippen molar-refractivity contribution in [2.24, 2.45) is 11.8 Å². The molecule has 0 N–H and O–H groups in total. The Hall–Kier alpha value is -4.47. The van der Waals surface area contributed by atoms with Crippen LogP contribution in [-0.2, 0) is 22.7 Å². The summed E-state index contributed by atoms with van der Waals surface area (Å²) >= 11 is 0. The van der Waals surface area contributed by atoms with Gasteiger partial charge in [-0.1, -0.05) is 18.1 Å². The number of hydrogen-bond donors (Lipinski definition) is 0. The Morgan fingerprint density at radius 2 is 1.82 bits per heavy atom. The summed E-state index contributed by atoms with van der Waals surface area (Å²) in [6.45, 7) is 4.61. The Labute approximate surface area is 254 Å². The summed E-state index contributed by atoms with van der Waals surface area (Å²) in [5.74, 6) is 3.20. The monoisotopic (exact) mass is 593 g/mol. The van der Waals surface area contributed by atoms with Gasteiger partial charge in [0.05, 0.1) is 0 Å². The molecule has 2 aliphatic carbocycles. The number of aromatic nitrogens is 3. The number of amides is 2. The van der Waals surface area contributed by atoms with Gasteiger partial charge in [0.2, 0.25) is 11.8 Å². The molecule has 0 bridgehead atoms. The molecule has 4 heterocycles. The molecule has 2 aromatic heterocycles. The van der Waals surface area contributed by atoms with Crippen molar-refractivity contribution in [3.8, 4) is 23.0 Å². The molecule has 2 unspecified atom stereocenters. The number of fused-ring (bicyclic) bond motifs is 1. The van der Waals surface area contributed by atoms with Gasteiger partial charge >= 0.3 is 0 Å². The maximum absolute atomic E-state index is 13.1. The number of hydrogen-bond acceptors (Lipinski definition) is 7. The molecule has 10 nitrogen and oxygen atoms in total. The van der Waals surface area contributed by atoms with E-state index in [9.17, 15) is 14.4 Å². The average molecular weight is 594 g/mol. The van der Waals surface area contributed by atoms with Crippen molar-refractivity contribution < 1.29 is 18.8 Å². The minimum atomic E-state index is -0.0785. The normalized spacial score (nSPS) is 22.0. The molecule has 2 atom stereocenters. The summed E-state index contributed by atoms with van der Waals surface area (Å²) in [5, 5.41) is 5.72. The minimum absolute atomic E-state index is 0.0155. The van der Waals surface area contributed by atoms with Gasteiger partial charge in [-0.25, -0.2) is 0 Å². The van der Waals surface area contributed by atoms with E-state index in [1.807, 2.05) is 58.5 Å². The van der Waals surface area contributed by atoms with E-state index in [1.165, 1.54) is 12.8 Å². The second kappa shape index (κ2) is 10.6. The van der Waals surface area contributed by atoms with Crippen LogP contribution in [0.15, 0.2) is 58.0 Å². The smallest absolute Gasteiger partial charge is 0.258 e. The number of rotatable bonds is 9. The van der Waals surface area contributed by atoms with Crippen molar-refractivity contribution >= 4 is 22.6 Å². The summed E-state index contributed by atoms with van der Waals surface area (Å²) < 4.78 is 14.0. The van der Waals surface area contributed by atoms with Crippen LogP contribution in [0.25, 0.3) is 22.2 Å². The van der Waals surface area contributed by atoms with Crippen molar-refractivity contribution in [3.05, 3.63) is 70.4 Å². The fraction of sp³-hybridized carbons (Fsp3) is 0.441. The maximum Gasteiger partial charge on any atom is 0.258 e. The van der Waals surface area contributed by atoms with Crippen molar-refractivity contribution in [2.75, 3.05) is 13.1 Å². The predicted octanol–water partition coefficient (Wildman–Crippen LogP) is 5.10. The zero-order chi connectivity index (χ0) is 29.9. The highest BCUT2D eigenvalue weighted by atomic mass is 16.5. The molecule has 44 heavy (non-hydrogen) atoms. The molecule has 4 aliphatic rings. The number of nitrogens with zero attached hydrogens (tertiary/aromatic N) is 5. The predicted molar refractivity (Wildman–Crippen MR) is 162 cm³/mol. The third-order valence-electron chi connectivity index (χ3n) is 9.36. The highest BCUT2D eigenvalue weighted by molar-refractivity contribution is 5.83. The van der Waals surface area contributed by atoms with E-state index in [-0.39, 0.29) is 23.3 Å². The highest BCUT2D eigenvalue weighted by Gasteiger charge is 2.41. The Kier molecular flexibility index (Phi) is 6.53. The topological polar surface area (TPSA) is 111 Å². The van der Waals surface area contributed by atoms with E-state index in [0.29, 0.717) is 84.5 Å². The number of likely N-dealkylation sites (tertiary alicyclic amines) is 2. The summed E-state index contributed by atoms with van der Waals surface area (Å²) in [5.41, 5.74) is 1.56. The SMILES string of the molecule is CC1CC(=O)N(Cc2ccc(-c3nc(C4CC(=O)N(C5CC5)C4)no3)cc2Oc2ccc3c(=O)n(CC4CC4)ccc3c2)C1. The van der Waals surface area contributed by atoms with Gasteiger partial charge in [-0.15, -0.1) is 0 Å². The summed E-state index contributed by atoms with van der Waals surface area (Å²) in [4.78, 5) is 46.7.